The standard InChI is InChI=1S/C17H20N2O4S.C2H6/c1-21-13-7-6-12(11-14(13)22-2)8-9-18-17(20)16(19-23-3)15-5-4-10-24-15;1-2/h4-7,10-11H,8-9H2,1-3H3,(H,18,20);1-2H3. The van der Waals surface area contributed by atoms with E-state index in [4.69, 9.17) is 14.3 Å². The van der Waals surface area contributed by atoms with Gasteiger partial charge in [0.1, 0.15) is 7.11 Å². The Bertz CT molecular complexity index is 700. The fourth-order valence-corrected chi connectivity index (χ4v) is 2.85. The van der Waals surface area contributed by atoms with Crippen LogP contribution in [0.5, 0.6) is 11.5 Å². The second-order valence-electron chi connectivity index (χ2n) is 4.80. The van der Waals surface area contributed by atoms with E-state index in [0.717, 1.165) is 10.4 Å². The molecule has 1 N–H and O–H groups in total. The molecule has 0 bridgehead atoms. The molecule has 142 valence electrons. The van der Waals surface area contributed by atoms with Gasteiger partial charge < -0.3 is 19.6 Å². The van der Waals surface area contributed by atoms with Crippen molar-refractivity contribution in [1.29, 1.82) is 0 Å². The van der Waals surface area contributed by atoms with Crippen molar-refractivity contribution in [1.82, 2.24) is 5.32 Å². The lowest BCUT2D eigenvalue weighted by Gasteiger charge is -2.10. The number of methoxy groups -OCH3 is 2. The lowest BCUT2D eigenvalue weighted by molar-refractivity contribution is -0.114. The summed E-state index contributed by atoms with van der Waals surface area (Å²) in [5.74, 6) is 1.08. The number of hydrogen-bond donors (Lipinski definition) is 1. The number of nitrogens with one attached hydrogen (secondary N) is 1. The predicted octanol–water partition coefficient (Wildman–Crippen LogP) is 3.50. The zero-order valence-corrected chi connectivity index (χ0v) is 16.7. The van der Waals surface area contributed by atoms with Crippen molar-refractivity contribution in [3.8, 4) is 11.5 Å². The van der Waals surface area contributed by atoms with E-state index in [1.165, 1.54) is 18.4 Å². The second kappa shape index (κ2) is 11.9. The normalized spacial score (nSPS) is 10.4. The van der Waals surface area contributed by atoms with Crippen LogP contribution in [0.15, 0.2) is 40.9 Å². The monoisotopic (exact) mass is 378 g/mol. The molecule has 1 amide bonds. The molecule has 0 spiro atoms. The third-order valence-corrected chi connectivity index (χ3v) is 4.18. The molecule has 7 heteroatoms. The molecule has 0 aliphatic rings. The van der Waals surface area contributed by atoms with Crippen LogP contribution < -0.4 is 14.8 Å². The molecular formula is C19H26N2O4S. The van der Waals surface area contributed by atoms with E-state index in [0.29, 0.717) is 24.5 Å². The van der Waals surface area contributed by atoms with Gasteiger partial charge in [-0.2, -0.15) is 0 Å². The first-order chi connectivity index (χ1) is 12.7. The number of amides is 1. The van der Waals surface area contributed by atoms with Gasteiger partial charge in [0.15, 0.2) is 17.2 Å². The van der Waals surface area contributed by atoms with Crippen LogP contribution in [-0.2, 0) is 16.1 Å². The molecule has 0 saturated carbocycles. The van der Waals surface area contributed by atoms with Gasteiger partial charge in [0.2, 0.25) is 0 Å². The van der Waals surface area contributed by atoms with Gasteiger partial charge in [0, 0.05) is 6.54 Å². The van der Waals surface area contributed by atoms with Gasteiger partial charge >= 0.3 is 0 Å². The van der Waals surface area contributed by atoms with Crippen LogP contribution >= 0.6 is 11.3 Å². The van der Waals surface area contributed by atoms with Crippen molar-refractivity contribution >= 4 is 23.0 Å². The van der Waals surface area contributed by atoms with Gasteiger partial charge in [-0.25, -0.2) is 0 Å². The summed E-state index contributed by atoms with van der Waals surface area (Å²) in [7, 11) is 4.61. The fraction of sp³-hybridized carbons (Fsp3) is 0.368. The Morgan fingerprint density at radius 1 is 1.12 bits per heavy atom. The van der Waals surface area contributed by atoms with E-state index in [9.17, 15) is 4.79 Å². The average molecular weight is 378 g/mol. The Kier molecular flexibility index (Phi) is 9.86. The first-order valence-corrected chi connectivity index (χ1v) is 9.21. The van der Waals surface area contributed by atoms with Crippen LogP contribution in [0.1, 0.15) is 24.3 Å². The maximum absolute atomic E-state index is 12.3. The molecule has 0 atom stereocenters. The number of rotatable bonds is 8. The van der Waals surface area contributed by atoms with Crippen molar-refractivity contribution < 1.29 is 19.1 Å². The fourth-order valence-electron chi connectivity index (χ4n) is 2.14. The molecule has 0 fully saturated rings. The number of carbonyl (C=O) groups excluding carboxylic acids is 1. The molecule has 0 aliphatic carbocycles. The Balaban J connectivity index is 0.00000163. The molecule has 1 heterocycles. The van der Waals surface area contributed by atoms with Crippen LogP contribution in [0.4, 0.5) is 0 Å². The summed E-state index contributed by atoms with van der Waals surface area (Å²) >= 11 is 1.44. The number of oxime groups is 1. The van der Waals surface area contributed by atoms with Crippen molar-refractivity contribution in [2.45, 2.75) is 20.3 Å². The van der Waals surface area contributed by atoms with E-state index in [2.05, 4.69) is 10.5 Å². The molecule has 0 saturated heterocycles. The minimum absolute atomic E-state index is 0.264. The third kappa shape index (κ3) is 6.07. The van der Waals surface area contributed by atoms with Gasteiger partial charge in [0.05, 0.1) is 19.1 Å². The Morgan fingerprint density at radius 3 is 2.42 bits per heavy atom. The number of carbonyl (C=O) groups is 1. The minimum Gasteiger partial charge on any atom is -0.493 e. The smallest absolute Gasteiger partial charge is 0.274 e. The van der Waals surface area contributed by atoms with Crippen LogP contribution in [-0.4, -0.2) is 39.5 Å². The lowest BCUT2D eigenvalue weighted by atomic mass is 10.1. The van der Waals surface area contributed by atoms with Crippen LogP contribution in [0.25, 0.3) is 0 Å². The predicted molar refractivity (Wildman–Crippen MR) is 105 cm³/mol. The van der Waals surface area contributed by atoms with Crippen molar-refractivity contribution in [3.05, 3.63) is 46.2 Å². The summed E-state index contributed by atoms with van der Waals surface area (Å²) in [6, 6.07) is 9.38. The van der Waals surface area contributed by atoms with Gasteiger partial charge in [-0.05, 0) is 35.6 Å². The maximum Gasteiger partial charge on any atom is 0.274 e. The van der Waals surface area contributed by atoms with Crippen molar-refractivity contribution in [2.75, 3.05) is 27.9 Å². The zero-order valence-electron chi connectivity index (χ0n) is 15.9. The quantitative estimate of drug-likeness (QED) is 0.564. The van der Waals surface area contributed by atoms with Crippen molar-refractivity contribution in [2.24, 2.45) is 5.16 Å². The molecule has 2 aromatic rings. The second-order valence-corrected chi connectivity index (χ2v) is 5.74. The van der Waals surface area contributed by atoms with Gasteiger partial charge in [-0.3, -0.25) is 4.79 Å². The maximum atomic E-state index is 12.3. The third-order valence-electron chi connectivity index (χ3n) is 3.30. The molecule has 6 nitrogen and oxygen atoms in total. The van der Waals surface area contributed by atoms with Gasteiger partial charge in [0.25, 0.3) is 5.91 Å². The molecular weight excluding hydrogens is 352 g/mol. The highest BCUT2D eigenvalue weighted by molar-refractivity contribution is 7.13. The highest BCUT2D eigenvalue weighted by atomic mass is 32.1. The van der Waals surface area contributed by atoms with Crippen LogP contribution in [0.3, 0.4) is 0 Å². The van der Waals surface area contributed by atoms with E-state index >= 15 is 0 Å². The highest BCUT2D eigenvalue weighted by Gasteiger charge is 2.15. The molecule has 0 aliphatic heterocycles. The summed E-state index contributed by atoms with van der Waals surface area (Å²) in [6.07, 6.45) is 0.663. The summed E-state index contributed by atoms with van der Waals surface area (Å²) in [6.45, 7) is 4.47. The van der Waals surface area contributed by atoms with E-state index < -0.39 is 0 Å². The Morgan fingerprint density at radius 2 is 1.85 bits per heavy atom. The lowest BCUT2D eigenvalue weighted by Crippen LogP contribution is -2.33. The average Bonchev–Trinajstić information content (AvgIpc) is 3.21. The summed E-state index contributed by atoms with van der Waals surface area (Å²) in [4.78, 5) is 17.8. The first kappa shape index (κ1) is 21.5. The number of ether oxygens (including phenoxy) is 2. The Labute approximate surface area is 158 Å². The van der Waals surface area contributed by atoms with E-state index in [-0.39, 0.29) is 11.6 Å². The van der Waals surface area contributed by atoms with Gasteiger partial charge in [-0.1, -0.05) is 31.1 Å². The van der Waals surface area contributed by atoms with Crippen molar-refractivity contribution in [3.63, 3.8) is 0 Å². The number of benzene rings is 1. The van der Waals surface area contributed by atoms with Crippen LogP contribution in [0, 0.1) is 0 Å². The highest BCUT2D eigenvalue weighted by Crippen LogP contribution is 2.27. The van der Waals surface area contributed by atoms with E-state index in [1.54, 1.807) is 14.2 Å². The molecule has 2 rings (SSSR count). The molecule has 1 aromatic carbocycles. The summed E-state index contributed by atoms with van der Waals surface area (Å²) < 4.78 is 10.5. The Hall–Kier alpha value is -2.54. The summed E-state index contributed by atoms with van der Waals surface area (Å²) in [5, 5.41) is 8.56. The molecule has 0 unspecified atom stereocenters. The molecule has 0 radical (unpaired) electrons. The molecule has 26 heavy (non-hydrogen) atoms. The SMILES string of the molecule is CC.CON=C(C(=O)NCCc1ccc(OC)c(OC)c1)c1cccs1. The van der Waals surface area contributed by atoms with Gasteiger partial charge in [-0.15, -0.1) is 11.3 Å². The summed E-state index contributed by atoms with van der Waals surface area (Å²) in [5.41, 5.74) is 1.31. The minimum atomic E-state index is -0.264. The largest absolute Gasteiger partial charge is 0.493 e. The number of hydrogen-bond acceptors (Lipinski definition) is 6. The van der Waals surface area contributed by atoms with E-state index in [1.807, 2.05) is 49.6 Å². The zero-order chi connectivity index (χ0) is 19.4. The topological polar surface area (TPSA) is 69.2 Å². The molecule has 1 aromatic heterocycles. The number of thiophene rings is 1. The first-order valence-electron chi connectivity index (χ1n) is 8.33. The number of nitrogens with zero attached hydrogens (tertiary/aromatic N) is 1. The van der Waals surface area contributed by atoms with Crippen LogP contribution in [0.2, 0.25) is 0 Å².